The maximum atomic E-state index is 12.4. The molecule has 0 saturated carbocycles. The first-order chi connectivity index (χ1) is 10.1. The number of phenolic OH excluding ortho intramolecular Hbond substituents is 1. The topological polar surface area (TPSA) is 66.4 Å². The van der Waals surface area contributed by atoms with Gasteiger partial charge in [-0.25, -0.2) is 13.1 Å². The monoisotopic (exact) mass is 339 g/mol. The fourth-order valence-electron chi connectivity index (χ4n) is 2.00. The Hall–Kier alpha value is -1.56. The zero-order valence-electron chi connectivity index (χ0n) is 12.6. The van der Waals surface area contributed by atoms with Crippen molar-refractivity contribution in [2.75, 3.05) is 0 Å². The summed E-state index contributed by atoms with van der Waals surface area (Å²) in [4.78, 5) is 0.175. The largest absolute Gasteiger partial charge is 0.506 e. The van der Waals surface area contributed by atoms with Crippen molar-refractivity contribution in [3.05, 3.63) is 47.5 Å². The second-order valence-electron chi connectivity index (χ2n) is 6.05. The maximum absolute atomic E-state index is 12.4. The summed E-state index contributed by atoms with van der Waals surface area (Å²) < 4.78 is 27.4. The lowest BCUT2D eigenvalue weighted by Crippen LogP contribution is -2.40. The van der Waals surface area contributed by atoms with Crippen molar-refractivity contribution < 1.29 is 13.5 Å². The number of phenols is 1. The van der Waals surface area contributed by atoms with E-state index in [1.165, 1.54) is 12.1 Å². The van der Waals surface area contributed by atoms with E-state index in [-0.39, 0.29) is 15.7 Å². The summed E-state index contributed by atoms with van der Waals surface area (Å²) in [6.07, 6.45) is 0. The Kier molecular flexibility index (Phi) is 4.52. The minimum absolute atomic E-state index is 0.0414. The number of nitrogens with one attached hydrogen (secondary N) is 1. The van der Waals surface area contributed by atoms with Crippen LogP contribution in [0.25, 0.3) is 11.1 Å². The lowest BCUT2D eigenvalue weighted by Gasteiger charge is -2.20. The van der Waals surface area contributed by atoms with Gasteiger partial charge in [-0.15, -0.1) is 0 Å². The molecule has 2 aromatic carbocycles. The van der Waals surface area contributed by atoms with Crippen molar-refractivity contribution in [1.29, 1.82) is 0 Å². The van der Waals surface area contributed by atoms with Crippen molar-refractivity contribution in [3.63, 3.8) is 0 Å². The normalized spacial score (nSPS) is 12.4. The highest BCUT2D eigenvalue weighted by Gasteiger charge is 2.22. The van der Waals surface area contributed by atoms with Crippen molar-refractivity contribution >= 4 is 21.6 Å². The van der Waals surface area contributed by atoms with Gasteiger partial charge in [0.15, 0.2) is 0 Å². The fraction of sp³-hybridized carbons (Fsp3) is 0.250. The van der Waals surface area contributed by atoms with Crippen LogP contribution in [0.4, 0.5) is 0 Å². The van der Waals surface area contributed by atoms with E-state index >= 15 is 0 Å². The number of halogens is 1. The van der Waals surface area contributed by atoms with Gasteiger partial charge in [-0.05, 0) is 56.2 Å². The molecule has 2 N–H and O–H groups in total. The molecule has 22 heavy (non-hydrogen) atoms. The predicted molar refractivity (Wildman–Crippen MR) is 88.6 cm³/mol. The van der Waals surface area contributed by atoms with Crippen LogP contribution >= 0.6 is 11.6 Å². The highest BCUT2D eigenvalue weighted by Crippen LogP contribution is 2.30. The smallest absolute Gasteiger partial charge is 0.241 e. The summed E-state index contributed by atoms with van der Waals surface area (Å²) in [7, 11) is -3.61. The zero-order valence-corrected chi connectivity index (χ0v) is 14.2. The van der Waals surface area contributed by atoms with E-state index in [0.29, 0.717) is 11.1 Å². The first-order valence-corrected chi connectivity index (χ1v) is 8.57. The number of aromatic hydroxyl groups is 1. The van der Waals surface area contributed by atoms with Crippen molar-refractivity contribution in [1.82, 2.24) is 4.72 Å². The van der Waals surface area contributed by atoms with Crippen LogP contribution in [0, 0.1) is 0 Å². The number of hydrogen-bond donors (Lipinski definition) is 2. The molecule has 2 aromatic rings. The fourth-order valence-corrected chi connectivity index (χ4v) is 3.58. The van der Waals surface area contributed by atoms with Crippen molar-refractivity contribution in [3.8, 4) is 16.9 Å². The number of rotatable bonds is 3. The highest BCUT2D eigenvalue weighted by molar-refractivity contribution is 7.89. The first kappa shape index (κ1) is 16.8. The average molecular weight is 340 g/mol. The molecule has 0 amide bonds. The summed E-state index contributed by atoms with van der Waals surface area (Å²) in [6.45, 7) is 5.35. The predicted octanol–water partition coefficient (Wildman–Crippen LogP) is 3.79. The van der Waals surface area contributed by atoms with Crippen LogP contribution in [0.15, 0.2) is 47.4 Å². The second-order valence-corrected chi connectivity index (χ2v) is 8.14. The van der Waals surface area contributed by atoms with E-state index in [1.54, 1.807) is 51.1 Å². The molecular formula is C16H18ClNO3S. The van der Waals surface area contributed by atoms with Crippen LogP contribution in [0.2, 0.25) is 5.02 Å². The molecule has 0 unspecified atom stereocenters. The van der Waals surface area contributed by atoms with Crippen LogP contribution < -0.4 is 4.72 Å². The number of hydrogen-bond acceptors (Lipinski definition) is 3. The molecule has 0 saturated heterocycles. The van der Waals surface area contributed by atoms with Gasteiger partial charge >= 0.3 is 0 Å². The van der Waals surface area contributed by atoms with Gasteiger partial charge < -0.3 is 5.11 Å². The zero-order chi connectivity index (χ0) is 16.5. The van der Waals surface area contributed by atoms with E-state index < -0.39 is 15.6 Å². The van der Waals surface area contributed by atoms with Gasteiger partial charge in [0.2, 0.25) is 10.0 Å². The van der Waals surface area contributed by atoms with Crippen LogP contribution in [-0.4, -0.2) is 19.1 Å². The Morgan fingerprint density at radius 3 is 2.27 bits per heavy atom. The molecule has 0 atom stereocenters. The van der Waals surface area contributed by atoms with E-state index in [9.17, 15) is 13.5 Å². The lowest BCUT2D eigenvalue weighted by molar-refractivity contribution is 0.476. The van der Waals surface area contributed by atoms with Gasteiger partial charge in [0, 0.05) is 5.54 Å². The molecule has 4 nitrogen and oxygen atoms in total. The molecule has 2 rings (SSSR count). The van der Waals surface area contributed by atoms with Crippen LogP contribution in [0.5, 0.6) is 5.75 Å². The van der Waals surface area contributed by atoms with E-state index in [4.69, 9.17) is 11.6 Å². The molecule has 0 aliphatic rings. The third-order valence-corrected chi connectivity index (χ3v) is 4.94. The third kappa shape index (κ3) is 4.00. The molecule has 6 heteroatoms. The van der Waals surface area contributed by atoms with Gasteiger partial charge in [-0.2, -0.15) is 0 Å². The molecule has 0 bridgehead atoms. The Bertz CT molecular complexity index is 795. The van der Waals surface area contributed by atoms with Gasteiger partial charge in [0.05, 0.1) is 9.92 Å². The average Bonchev–Trinajstić information content (AvgIpc) is 2.39. The lowest BCUT2D eigenvalue weighted by atomic mass is 10.1. The van der Waals surface area contributed by atoms with Crippen molar-refractivity contribution in [2.45, 2.75) is 31.2 Å². The second kappa shape index (κ2) is 5.91. The minimum Gasteiger partial charge on any atom is -0.506 e. The van der Waals surface area contributed by atoms with Gasteiger partial charge in [0.25, 0.3) is 0 Å². The molecule has 0 spiro atoms. The minimum atomic E-state index is -3.61. The third-order valence-electron chi connectivity index (χ3n) is 2.86. The Labute approximate surface area is 135 Å². The van der Waals surface area contributed by atoms with E-state index in [2.05, 4.69) is 4.72 Å². The van der Waals surface area contributed by atoms with E-state index in [1.807, 2.05) is 0 Å². The molecule has 0 aliphatic carbocycles. The quantitative estimate of drug-likeness (QED) is 0.894. The molecule has 118 valence electrons. The maximum Gasteiger partial charge on any atom is 0.241 e. The summed E-state index contributed by atoms with van der Waals surface area (Å²) in [6, 6.07) is 11.3. The summed E-state index contributed by atoms with van der Waals surface area (Å²) >= 11 is 5.79. The molecular weight excluding hydrogens is 322 g/mol. The van der Waals surface area contributed by atoms with Gasteiger partial charge in [0.1, 0.15) is 5.75 Å². The SMILES string of the molecule is CC(C)(C)NS(=O)(=O)c1cccc(-c2ccc(Cl)c(O)c2)c1. The van der Waals surface area contributed by atoms with Gasteiger partial charge in [-0.1, -0.05) is 29.8 Å². The first-order valence-electron chi connectivity index (χ1n) is 6.71. The highest BCUT2D eigenvalue weighted by atomic mass is 35.5. The molecule has 0 fully saturated rings. The van der Waals surface area contributed by atoms with E-state index in [0.717, 1.165) is 0 Å². The van der Waals surface area contributed by atoms with Crippen LogP contribution in [-0.2, 0) is 10.0 Å². The Balaban J connectivity index is 2.44. The Morgan fingerprint density at radius 2 is 1.68 bits per heavy atom. The molecule has 0 aliphatic heterocycles. The van der Waals surface area contributed by atoms with Crippen molar-refractivity contribution in [2.24, 2.45) is 0 Å². The van der Waals surface area contributed by atoms with Crippen LogP contribution in [0.1, 0.15) is 20.8 Å². The number of sulfonamides is 1. The summed E-state index contributed by atoms with van der Waals surface area (Å²) in [5.74, 6) is -0.0414. The summed E-state index contributed by atoms with van der Waals surface area (Å²) in [5.41, 5.74) is 0.811. The Morgan fingerprint density at radius 1 is 1.05 bits per heavy atom. The standard InChI is InChI=1S/C16H18ClNO3S/c1-16(2,3)18-22(20,21)13-6-4-5-11(9-13)12-7-8-14(17)15(19)10-12/h4-10,18-19H,1-3H3. The summed E-state index contributed by atoms with van der Waals surface area (Å²) in [5, 5.41) is 9.93. The molecule has 0 heterocycles. The van der Waals surface area contributed by atoms with Crippen LogP contribution in [0.3, 0.4) is 0 Å². The van der Waals surface area contributed by atoms with Gasteiger partial charge in [-0.3, -0.25) is 0 Å². The molecule has 0 aromatic heterocycles. The molecule has 0 radical (unpaired) electrons. The number of benzene rings is 2.